The zero-order chi connectivity index (χ0) is 10.4. The van der Waals surface area contributed by atoms with E-state index in [-0.39, 0.29) is 0 Å². The average Bonchev–Trinajstić information content (AvgIpc) is 2.16. The second-order valence-electron chi connectivity index (χ2n) is 3.13. The summed E-state index contributed by atoms with van der Waals surface area (Å²) >= 11 is 0. The fourth-order valence-electron chi connectivity index (χ4n) is 1.13. The van der Waals surface area contributed by atoms with Gasteiger partial charge in [0.25, 0.3) is 0 Å². The molecule has 1 aromatic carbocycles. The molecule has 1 rings (SSSR count). The van der Waals surface area contributed by atoms with Crippen LogP contribution in [0.1, 0.15) is 5.56 Å². The van der Waals surface area contributed by atoms with E-state index in [2.05, 4.69) is 0 Å². The van der Waals surface area contributed by atoms with Crippen LogP contribution >= 0.6 is 10.6 Å². The Morgan fingerprint density at radius 2 is 1.86 bits per heavy atom. The maximum atomic E-state index is 9.66. The summed E-state index contributed by atoms with van der Waals surface area (Å²) < 4.78 is 24.1. The van der Waals surface area contributed by atoms with Crippen molar-refractivity contribution in [1.82, 2.24) is 0 Å². The molecule has 2 N–H and O–H groups in total. The van der Waals surface area contributed by atoms with Crippen LogP contribution in [-0.2, 0) is 10.5 Å². The van der Waals surface area contributed by atoms with Gasteiger partial charge in [0, 0.05) is 7.11 Å². The van der Waals surface area contributed by atoms with Gasteiger partial charge in [0.15, 0.2) is 0 Å². The van der Waals surface area contributed by atoms with Crippen LogP contribution in [0.5, 0.6) is 0 Å². The molecule has 80 valence electrons. The Labute approximate surface area is 86.1 Å². The van der Waals surface area contributed by atoms with E-state index in [4.69, 9.17) is 4.74 Å². The minimum Gasteiger partial charge on any atom is -0.383 e. The maximum Gasteiger partial charge on any atom is 0.0636 e. The Bertz CT molecular complexity index is 261. The summed E-state index contributed by atoms with van der Waals surface area (Å²) in [6.07, 6.45) is 0. The van der Waals surface area contributed by atoms with Gasteiger partial charge in [0.1, 0.15) is 0 Å². The quantitative estimate of drug-likeness (QED) is 0.795. The maximum absolute atomic E-state index is 9.66. The molecule has 0 aromatic heterocycles. The van der Waals surface area contributed by atoms with Gasteiger partial charge in [-0.2, -0.15) is 10.6 Å². The van der Waals surface area contributed by atoms with Crippen molar-refractivity contribution in [3.05, 3.63) is 35.9 Å². The molecule has 4 heteroatoms. The molecule has 0 saturated carbocycles. The molecular weight excluding hydrogens is 200 g/mol. The third kappa shape index (κ3) is 4.11. The Morgan fingerprint density at radius 3 is 2.43 bits per heavy atom. The van der Waals surface area contributed by atoms with Gasteiger partial charge in [-0.25, -0.2) is 0 Å². The number of rotatable bonds is 5. The normalized spacial score (nSPS) is 12.8. The van der Waals surface area contributed by atoms with Gasteiger partial charge >= 0.3 is 0 Å². The van der Waals surface area contributed by atoms with Crippen LogP contribution in [0.3, 0.4) is 0 Å². The van der Waals surface area contributed by atoms with Crippen molar-refractivity contribution in [1.29, 1.82) is 0 Å². The lowest BCUT2D eigenvalue weighted by molar-refractivity contribution is 0.215. The van der Waals surface area contributed by atoms with Gasteiger partial charge in [-0.15, -0.1) is 0 Å². The molecule has 0 radical (unpaired) electrons. The second-order valence-corrected chi connectivity index (χ2v) is 5.43. The summed E-state index contributed by atoms with van der Waals surface area (Å²) in [6.45, 7) is 0.384. The number of benzene rings is 1. The Balaban J connectivity index is 2.50. The van der Waals surface area contributed by atoms with Crippen molar-refractivity contribution in [2.75, 3.05) is 19.5 Å². The molecule has 14 heavy (non-hydrogen) atoms. The summed E-state index contributed by atoms with van der Waals surface area (Å²) in [5.74, 6) is 0.621. The molecule has 1 aromatic rings. The molecule has 0 fully saturated rings. The molecule has 0 spiro atoms. The van der Waals surface area contributed by atoms with Crippen LogP contribution < -0.4 is 0 Å². The first-order chi connectivity index (χ1) is 6.64. The molecule has 0 saturated heterocycles. The van der Waals surface area contributed by atoms with Crippen molar-refractivity contribution in [2.45, 2.75) is 5.75 Å². The minimum atomic E-state index is -2.52. The zero-order valence-electron chi connectivity index (χ0n) is 8.22. The van der Waals surface area contributed by atoms with E-state index in [1.165, 1.54) is 0 Å². The predicted octanol–water partition coefficient (Wildman–Crippen LogP) is 2.58. The third-order valence-corrected chi connectivity index (χ3v) is 3.47. The van der Waals surface area contributed by atoms with E-state index in [9.17, 15) is 9.11 Å². The third-order valence-electron chi connectivity index (χ3n) is 1.86. The minimum absolute atomic E-state index is 0.304. The van der Waals surface area contributed by atoms with Crippen molar-refractivity contribution < 1.29 is 13.8 Å². The highest BCUT2D eigenvalue weighted by Crippen LogP contribution is 2.41. The predicted molar refractivity (Wildman–Crippen MR) is 59.7 cm³/mol. The first-order valence-corrected chi connectivity index (χ1v) is 6.29. The monoisotopic (exact) mass is 216 g/mol. The smallest absolute Gasteiger partial charge is 0.0636 e. The standard InChI is InChI=1S/C10H16O3S/c1-13-7-8-14(11,12)9-10-5-3-2-4-6-10/h2-6,11-12H,7-9H2,1H3. The van der Waals surface area contributed by atoms with Crippen LogP contribution in [0.2, 0.25) is 0 Å². The first-order valence-electron chi connectivity index (χ1n) is 4.40. The van der Waals surface area contributed by atoms with Gasteiger partial charge in [0.2, 0.25) is 0 Å². The summed E-state index contributed by atoms with van der Waals surface area (Å²) in [5, 5.41) is 0. The largest absolute Gasteiger partial charge is 0.383 e. The molecule has 0 bridgehead atoms. The van der Waals surface area contributed by atoms with Crippen molar-refractivity contribution in [3.8, 4) is 0 Å². The van der Waals surface area contributed by atoms with E-state index >= 15 is 0 Å². The van der Waals surface area contributed by atoms with Gasteiger partial charge in [-0.3, -0.25) is 9.11 Å². The summed E-state index contributed by atoms with van der Waals surface area (Å²) in [6, 6.07) is 9.47. The van der Waals surface area contributed by atoms with Crippen molar-refractivity contribution in [2.24, 2.45) is 0 Å². The number of hydrogen-bond donors (Lipinski definition) is 2. The van der Waals surface area contributed by atoms with Gasteiger partial charge < -0.3 is 4.74 Å². The lowest BCUT2D eigenvalue weighted by atomic mass is 10.2. The van der Waals surface area contributed by atoms with E-state index in [0.717, 1.165) is 5.56 Å². The highest BCUT2D eigenvalue weighted by molar-refractivity contribution is 8.23. The fraction of sp³-hybridized carbons (Fsp3) is 0.400. The van der Waals surface area contributed by atoms with Crippen molar-refractivity contribution >= 4 is 10.6 Å². The van der Waals surface area contributed by atoms with Gasteiger partial charge in [0.05, 0.1) is 18.1 Å². The van der Waals surface area contributed by atoms with E-state index in [1.54, 1.807) is 7.11 Å². The van der Waals surface area contributed by atoms with Crippen LogP contribution in [0.25, 0.3) is 0 Å². The van der Waals surface area contributed by atoms with E-state index < -0.39 is 10.6 Å². The molecular formula is C10H16O3S. The highest BCUT2D eigenvalue weighted by atomic mass is 32.3. The van der Waals surface area contributed by atoms with Crippen LogP contribution in [-0.4, -0.2) is 28.6 Å². The molecule has 3 nitrogen and oxygen atoms in total. The molecule has 0 aliphatic rings. The SMILES string of the molecule is COCCS(O)(O)Cc1ccccc1. The number of ether oxygens (including phenoxy) is 1. The molecule has 0 aliphatic heterocycles. The molecule has 0 aliphatic carbocycles. The van der Waals surface area contributed by atoms with Crippen LogP contribution in [0.15, 0.2) is 30.3 Å². The Morgan fingerprint density at radius 1 is 1.21 bits per heavy atom. The molecule has 0 amide bonds. The first kappa shape index (κ1) is 11.5. The van der Waals surface area contributed by atoms with Gasteiger partial charge in [-0.05, 0) is 5.56 Å². The van der Waals surface area contributed by atoms with E-state index in [0.29, 0.717) is 18.1 Å². The topological polar surface area (TPSA) is 49.7 Å². The molecule has 0 heterocycles. The summed E-state index contributed by atoms with van der Waals surface area (Å²) in [5.41, 5.74) is 0.948. The number of hydrogen-bond acceptors (Lipinski definition) is 3. The summed E-state index contributed by atoms with van der Waals surface area (Å²) in [7, 11) is -0.968. The lowest BCUT2D eigenvalue weighted by Gasteiger charge is -2.31. The lowest BCUT2D eigenvalue weighted by Crippen LogP contribution is -2.10. The molecule has 0 atom stereocenters. The van der Waals surface area contributed by atoms with E-state index in [1.807, 2.05) is 30.3 Å². The Kier molecular flexibility index (Phi) is 4.41. The van der Waals surface area contributed by atoms with Gasteiger partial charge in [-0.1, -0.05) is 30.3 Å². The Hall–Kier alpha value is -0.550. The van der Waals surface area contributed by atoms with Crippen molar-refractivity contribution in [3.63, 3.8) is 0 Å². The van der Waals surface area contributed by atoms with Crippen LogP contribution in [0.4, 0.5) is 0 Å². The highest BCUT2D eigenvalue weighted by Gasteiger charge is 2.12. The fourth-order valence-corrected chi connectivity index (χ4v) is 2.43. The van der Waals surface area contributed by atoms with Crippen LogP contribution in [0, 0.1) is 0 Å². The average molecular weight is 216 g/mol. The number of methoxy groups -OCH3 is 1. The summed E-state index contributed by atoms with van der Waals surface area (Å²) in [4.78, 5) is 0. The second kappa shape index (κ2) is 5.36. The molecule has 0 unspecified atom stereocenters. The zero-order valence-corrected chi connectivity index (χ0v) is 9.04.